The van der Waals surface area contributed by atoms with Gasteiger partial charge in [0.25, 0.3) is 0 Å². The van der Waals surface area contributed by atoms with E-state index in [1.165, 1.54) is 121 Å². The molecule has 0 heterocycles. The SMILES string of the molecule is CC1(C)c2cc(N(c3ccccc3)c3ccccc3)ccc2-c2cc3c(cc21)-c1ccc(N(c2ccccc2)c2cc(-c4cccc5ccccc45)cc(-c4ccc(-c5cccc6ccccc56)c5c(-c6cccc7ccccc67)cccc45)c2)cc1C3(C)C. The summed E-state index contributed by atoms with van der Waals surface area (Å²) in [6, 6.07) is 118. The molecule has 2 heteroatoms. The summed E-state index contributed by atoms with van der Waals surface area (Å²) in [6.07, 6.45) is 0. The van der Waals surface area contributed by atoms with E-state index in [9.17, 15) is 0 Å². The summed E-state index contributed by atoms with van der Waals surface area (Å²) in [6.45, 7) is 9.69. The third-order valence-corrected chi connectivity index (χ3v) is 19.8. The summed E-state index contributed by atoms with van der Waals surface area (Å²) in [5.74, 6) is 0. The molecular formula is C88H64N2. The molecule has 0 aromatic heterocycles. The summed E-state index contributed by atoms with van der Waals surface area (Å²) >= 11 is 0. The lowest BCUT2D eigenvalue weighted by atomic mass is 9.79. The Bertz CT molecular complexity index is 5230. The van der Waals surface area contributed by atoms with Crippen molar-refractivity contribution in [2.45, 2.75) is 38.5 Å². The second-order valence-electron chi connectivity index (χ2n) is 25.6. The molecule has 0 aliphatic heterocycles. The van der Waals surface area contributed by atoms with Crippen LogP contribution in [-0.2, 0) is 10.8 Å². The second-order valence-corrected chi connectivity index (χ2v) is 25.6. The van der Waals surface area contributed by atoms with Gasteiger partial charge in [-0.05, 0) is 223 Å². The Kier molecular flexibility index (Phi) is 12.3. The van der Waals surface area contributed by atoms with Gasteiger partial charge in [-0.2, -0.15) is 0 Å². The molecule has 426 valence electrons. The Morgan fingerprint density at radius 1 is 0.200 bits per heavy atom. The van der Waals surface area contributed by atoms with Crippen LogP contribution in [0.15, 0.2) is 315 Å². The maximum atomic E-state index is 2.54. The highest BCUT2D eigenvalue weighted by atomic mass is 15.1. The van der Waals surface area contributed by atoms with Gasteiger partial charge in [-0.15, -0.1) is 0 Å². The van der Waals surface area contributed by atoms with Crippen molar-refractivity contribution < 1.29 is 0 Å². The predicted molar refractivity (Wildman–Crippen MR) is 383 cm³/mol. The Morgan fingerprint density at radius 3 is 1.00 bits per heavy atom. The van der Waals surface area contributed by atoms with Crippen LogP contribution in [0.4, 0.5) is 34.1 Å². The van der Waals surface area contributed by atoms with Gasteiger partial charge in [-0.25, -0.2) is 0 Å². The van der Waals surface area contributed by atoms with Crippen LogP contribution in [0, 0.1) is 0 Å². The third-order valence-electron chi connectivity index (χ3n) is 19.8. The fraction of sp³-hybridized carbons (Fsp3) is 0.0682. The zero-order valence-corrected chi connectivity index (χ0v) is 50.9. The first-order chi connectivity index (χ1) is 44.2. The number of rotatable bonds is 10. The average Bonchev–Trinajstić information content (AvgIpc) is 1.52. The van der Waals surface area contributed by atoms with Gasteiger partial charge in [0.1, 0.15) is 0 Å². The Hall–Kier alpha value is -11.1. The first-order valence-corrected chi connectivity index (χ1v) is 31.6. The molecule has 0 unspecified atom stereocenters. The molecule has 0 atom stereocenters. The van der Waals surface area contributed by atoms with Gasteiger partial charge in [0.15, 0.2) is 0 Å². The van der Waals surface area contributed by atoms with Crippen LogP contribution in [0.2, 0.25) is 0 Å². The van der Waals surface area contributed by atoms with Crippen molar-refractivity contribution in [3.05, 3.63) is 338 Å². The molecule has 0 amide bonds. The number of hydrogen-bond acceptors (Lipinski definition) is 2. The van der Waals surface area contributed by atoms with Gasteiger partial charge in [-0.1, -0.05) is 252 Å². The van der Waals surface area contributed by atoms with E-state index in [1.54, 1.807) is 0 Å². The van der Waals surface area contributed by atoms with Crippen LogP contribution < -0.4 is 9.80 Å². The Labute approximate surface area is 526 Å². The van der Waals surface area contributed by atoms with Gasteiger partial charge in [0.2, 0.25) is 0 Å². The average molecular weight is 1150 g/mol. The predicted octanol–water partition coefficient (Wildman–Crippen LogP) is 24.5. The fourth-order valence-electron chi connectivity index (χ4n) is 15.4. The molecule has 2 aliphatic rings. The molecule has 0 spiro atoms. The van der Waals surface area contributed by atoms with Crippen molar-refractivity contribution in [3.63, 3.8) is 0 Å². The number of benzene rings is 15. The van der Waals surface area contributed by atoms with Crippen LogP contribution in [0.25, 0.3) is 110 Å². The van der Waals surface area contributed by atoms with Crippen molar-refractivity contribution in [1.82, 2.24) is 0 Å². The van der Waals surface area contributed by atoms with Gasteiger partial charge < -0.3 is 9.80 Å². The van der Waals surface area contributed by atoms with Gasteiger partial charge >= 0.3 is 0 Å². The Morgan fingerprint density at radius 2 is 0.522 bits per heavy atom. The van der Waals surface area contributed by atoms with Gasteiger partial charge in [-0.3, -0.25) is 0 Å². The van der Waals surface area contributed by atoms with Crippen molar-refractivity contribution in [3.8, 4) is 66.8 Å². The summed E-state index contributed by atoms with van der Waals surface area (Å²) in [7, 11) is 0. The van der Waals surface area contributed by atoms with Gasteiger partial charge in [0.05, 0.1) is 0 Å². The summed E-state index contributed by atoms with van der Waals surface area (Å²) in [5, 5.41) is 9.81. The lowest BCUT2D eigenvalue weighted by Gasteiger charge is -2.29. The molecule has 15 aromatic carbocycles. The molecular weight excluding hydrogens is 1080 g/mol. The molecule has 0 saturated carbocycles. The molecule has 0 N–H and O–H groups in total. The van der Waals surface area contributed by atoms with E-state index in [1.807, 2.05) is 0 Å². The fourth-order valence-corrected chi connectivity index (χ4v) is 15.4. The monoisotopic (exact) mass is 1150 g/mol. The number of fused-ring (bicyclic) bond motifs is 10. The smallest absolute Gasteiger partial charge is 0.0473 e. The molecule has 0 saturated heterocycles. The molecule has 0 fully saturated rings. The van der Waals surface area contributed by atoms with E-state index in [0.29, 0.717) is 0 Å². The zero-order chi connectivity index (χ0) is 60.2. The molecule has 0 radical (unpaired) electrons. The van der Waals surface area contributed by atoms with Crippen LogP contribution in [0.5, 0.6) is 0 Å². The van der Waals surface area contributed by atoms with Crippen molar-refractivity contribution in [2.24, 2.45) is 0 Å². The van der Waals surface area contributed by atoms with Crippen LogP contribution >= 0.6 is 0 Å². The lowest BCUT2D eigenvalue weighted by molar-refractivity contribution is 0.652. The minimum atomic E-state index is -0.301. The normalized spacial score (nSPS) is 13.3. The molecule has 0 bridgehead atoms. The van der Waals surface area contributed by atoms with E-state index in [-0.39, 0.29) is 10.8 Å². The summed E-state index contributed by atoms with van der Waals surface area (Å²) in [4.78, 5) is 4.88. The highest BCUT2D eigenvalue weighted by molar-refractivity contribution is 6.17. The van der Waals surface area contributed by atoms with Crippen LogP contribution in [-0.4, -0.2) is 0 Å². The maximum Gasteiger partial charge on any atom is 0.0473 e. The van der Waals surface area contributed by atoms with Crippen molar-refractivity contribution in [1.29, 1.82) is 0 Å². The topological polar surface area (TPSA) is 6.48 Å². The lowest BCUT2D eigenvalue weighted by Crippen LogP contribution is -2.18. The molecule has 90 heavy (non-hydrogen) atoms. The van der Waals surface area contributed by atoms with Crippen LogP contribution in [0.1, 0.15) is 49.9 Å². The standard InChI is InChI=1S/C88H64N2/c1-87(2)82-53-65(89(62-30-8-5-9-31-62)63-32-10-6-11-33-63)44-46-75(82)80-55-85-81(56-84(80)87)76-47-45-66(54-83(76)88(85,3)4)90(64-34-12-7-13-35-64)67-51-60(71-39-20-27-57-24-14-17-36-68(57)71)50-61(52-67)72-48-49-79(74-41-22-29-59-26-16-19-38-70(59)74)86-77(72)42-23-43-78(86)73-40-21-28-58-25-15-18-37-69(58)73/h5-56H,1-4H3. The number of para-hydroxylation sites is 3. The first-order valence-electron chi connectivity index (χ1n) is 31.6. The van der Waals surface area contributed by atoms with E-state index in [0.717, 1.165) is 45.3 Å². The quantitative estimate of drug-likeness (QED) is 0.135. The third kappa shape index (κ3) is 8.47. The summed E-state index contributed by atoms with van der Waals surface area (Å²) in [5.41, 5.74) is 26.4. The maximum absolute atomic E-state index is 2.54. The largest absolute Gasteiger partial charge is 0.310 e. The first kappa shape index (κ1) is 53.2. The number of anilines is 6. The molecule has 17 rings (SSSR count). The highest BCUT2D eigenvalue weighted by Gasteiger charge is 2.42. The number of nitrogens with zero attached hydrogens (tertiary/aromatic N) is 2. The Balaban J connectivity index is 0.840. The summed E-state index contributed by atoms with van der Waals surface area (Å²) < 4.78 is 0. The van der Waals surface area contributed by atoms with Crippen molar-refractivity contribution >= 4 is 77.2 Å². The van der Waals surface area contributed by atoms with E-state index >= 15 is 0 Å². The number of hydrogen-bond donors (Lipinski definition) is 0. The van der Waals surface area contributed by atoms with Crippen LogP contribution in [0.3, 0.4) is 0 Å². The second kappa shape index (κ2) is 20.8. The van der Waals surface area contributed by atoms with Crippen molar-refractivity contribution in [2.75, 3.05) is 9.80 Å². The van der Waals surface area contributed by atoms with Gasteiger partial charge in [0, 0.05) is 45.0 Å². The van der Waals surface area contributed by atoms with E-state index in [2.05, 4.69) is 353 Å². The molecule has 15 aromatic rings. The van der Waals surface area contributed by atoms with E-state index in [4.69, 9.17) is 0 Å². The molecule has 2 nitrogen and oxygen atoms in total. The van der Waals surface area contributed by atoms with E-state index < -0.39 is 0 Å². The zero-order valence-electron chi connectivity index (χ0n) is 50.9. The minimum absolute atomic E-state index is 0.239. The molecule has 2 aliphatic carbocycles. The highest BCUT2D eigenvalue weighted by Crippen LogP contribution is 2.58. The minimum Gasteiger partial charge on any atom is -0.310 e.